The molecule has 4 atom stereocenters. The number of nitriles is 1. The maximum Gasteiger partial charge on any atom is 0.136 e. The van der Waals surface area contributed by atoms with E-state index < -0.39 is 0 Å². The van der Waals surface area contributed by atoms with E-state index in [0.717, 1.165) is 25.7 Å². The minimum absolute atomic E-state index is 0.00272. The topological polar surface area (TPSA) is 39.4 Å². The van der Waals surface area contributed by atoms with Gasteiger partial charge in [0.25, 0.3) is 0 Å². The van der Waals surface area contributed by atoms with Gasteiger partial charge >= 0.3 is 0 Å². The average molecular weight is 546 g/mol. The number of rotatable bonds is 3. The first-order valence-corrected chi connectivity index (χ1v) is 15.4. The summed E-state index contributed by atoms with van der Waals surface area (Å²) in [6, 6.07) is 20.7. The van der Waals surface area contributed by atoms with Crippen LogP contribution in [0.15, 0.2) is 125 Å². The fourth-order valence-electron chi connectivity index (χ4n) is 8.38. The standard InChI is InChI=1S/C39H35N3/c1-39(2)34-15-5-3-13-31(34)32-17-18-36-37(38(32)39)33-14-4-6-16-35(33)42(36)30-12-8-11-27(23-30)25-9-7-10-26(21-25)28-19-20-41-29(22-28)24-40/h3-5,7-9,11-15,17-18,20-23,26,28,36-37H,6,10,16,19H2,1-2H3. The van der Waals surface area contributed by atoms with E-state index in [2.05, 4.69) is 127 Å². The average Bonchev–Trinajstić information content (AvgIpc) is 3.50. The number of fused-ring (bicyclic) bond motifs is 5. The van der Waals surface area contributed by atoms with E-state index in [0.29, 0.717) is 23.5 Å². The molecule has 3 heteroatoms. The van der Waals surface area contributed by atoms with Crippen molar-refractivity contribution in [2.75, 3.05) is 4.90 Å². The number of aliphatic imine (C=N–C) groups is 1. The molecule has 0 amide bonds. The van der Waals surface area contributed by atoms with Gasteiger partial charge in [-0.3, -0.25) is 4.99 Å². The zero-order chi connectivity index (χ0) is 28.4. The molecule has 4 unspecified atom stereocenters. The smallest absolute Gasteiger partial charge is 0.136 e. The first kappa shape index (κ1) is 25.3. The predicted molar refractivity (Wildman–Crippen MR) is 173 cm³/mol. The van der Waals surface area contributed by atoms with E-state index in [1.54, 1.807) is 5.57 Å². The van der Waals surface area contributed by atoms with Crippen molar-refractivity contribution in [3.63, 3.8) is 0 Å². The molecular formula is C39H35N3. The second-order valence-corrected chi connectivity index (χ2v) is 12.9. The van der Waals surface area contributed by atoms with Crippen molar-refractivity contribution < 1.29 is 0 Å². The lowest BCUT2D eigenvalue weighted by Crippen LogP contribution is -2.37. The summed E-state index contributed by atoms with van der Waals surface area (Å²) in [4.78, 5) is 6.89. The summed E-state index contributed by atoms with van der Waals surface area (Å²) >= 11 is 0. The summed E-state index contributed by atoms with van der Waals surface area (Å²) in [5.74, 6) is 1.04. The summed E-state index contributed by atoms with van der Waals surface area (Å²) in [5.41, 5.74) is 13.2. The summed E-state index contributed by atoms with van der Waals surface area (Å²) < 4.78 is 0. The van der Waals surface area contributed by atoms with Crippen molar-refractivity contribution in [2.24, 2.45) is 22.7 Å². The zero-order valence-electron chi connectivity index (χ0n) is 24.3. The number of hydrogen-bond acceptors (Lipinski definition) is 3. The van der Waals surface area contributed by atoms with Gasteiger partial charge in [0.2, 0.25) is 0 Å². The van der Waals surface area contributed by atoms with E-state index in [9.17, 15) is 5.26 Å². The quantitative estimate of drug-likeness (QED) is 0.386. The van der Waals surface area contributed by atoms with Gasteiger partial charge in [0.1, 0.15) is 11.8 Å². The summed E-state index contributed by atoms with van der Waals surface area (Å²) in [7, 11) is 0. The van der Waals surface area contributed by atoms with Crippen LogP contribution < -0.4 is 4.90 Å². The van der Waals surface area contributed by atoms with Crippen molar-refractivity contribution >= 4 is 23.0 Å². The van der Waals surface area contributed by atoms with Crippen molar-refractivity contribution in [2.45, 2.75) is 51.0 Å². The Labute approximate surface area is 249 Å². The zero-order valence-corrected chi connectivity index (χ0v) is 24.3. The van der Waals surface area contributed by atoms with E-state index in [1.807, 2.05) is 6.21 Å². The Bertz CT molecular complexity index is 1790. The van der Waals surface area contributed by atoms with Gasteiger partial charge in [0.15, 0.2) is 0 Å². The molecule has 42 heavy (non-hydrogen) atoms. The van der Waals surface area contributed by atoms with Gasteiger partial charge in [-0.15, -0.1) is 0 Å². The predicted octanol–water partition coefficient (Wildman–Crippen LogP) is 8.87. The Morgan fingerprint density at radius 3 is 2.74 bits per heavy atom. The Hall–Kier alpha value is -4.42. The van der Waals surface area contributed by atoms with Crippen LogP contribution in [0.25, 0.3) is 11.1 Å². The molecule has 0 fully saturated rings. The highest BCUT2D eigenvalue weighted by atomic mass is 15.2. The first-order chi connectivity index (χ1) is 20.5. The van der Waals surface area contributed by atoms with Crippen LogP contribution in [-0.2, 0) is 5.41 Å². The summed E-state index contributed by atoms with van der Waals surface area (Å²) in [6.07, 6.45) is 24.7. The van der Waals surface area contributed by atoms with Gasteiger partial charge in [-0.25, -0.2) is 0 Å². The van der Waals surface area contributed by atoms with Crippen LogP contribution in [-0.4, -0.2) is 12.3 Å². The van der Waals surface area contributed by atoms with Crippen LogP contribution in [0.5, 0.6) is 0 Å². The van der Waals surface area contributed by atoms with E-state index in [-0.39, 0.29) is 11.5 Å². The fraction of sp³-hybridized carbons (Fsp3) is 0.282. The molecule has 0 N–H and O–H groups in total. The van der Waals surface area contributed by atoms with Crippen LogP contribution in [0.4, 0.5) is 5.69 Å². The molecule has 2 heterocycles. The molecular weight excluding hydrogens is 510 g/mol. The highest BCUT2D eigenvalue weighted by Crippen LogP contribution is 2.58. The lowest BCUT2D eigenvalue weighted by atomic mass is 9.69. The third kappa shape index (κ3) is 3.75. The van der Waals surface area contributed by atoms with Crippen LogP contribution in [0.3, 0.4) is 0 Å². The van der Waals surface area contributed by atoms with Crippen LogP contribution in [0.1, 0.15) is 56.2 Å². The first-order valence-electron chi connectivity index (χ1n) is 15.4. The molecule has 0 saturated heterocycles. The maximum absolute atomic E-state index is 9.38. The highest BCUT2D eigenvalue weighted by molar-refractivity contribution is 5.89. The summed E-state index contributed by atoms with van der Waals surface area (Å²) in [6.45, 7) is 4.84. The van der Waals surface area contributed by atoms with Crippen molar-refractivity contribution in [1.29, 1.82) is 5.26 Å². The van der Waals surface area contributed by atoms with E-state index in [1.165, 1.54) is 44.8 Å². The minimum atomic E-state index is -0.00272. The fourth-order valence-corrected chi connectivity index (χ4v) is 8.38. The van der Waals surface area contributed by atoms with Gasteiger partial charge in [-0.05, 0) is 94.7 Å². The van der Waals surface area contributed by atoms with E-state index in [4.69, 9.17) is 0 Å². The Balaban J connectivity index is 1.17. The second kappa shape index (κ2) is 9.57. The minimum Gasteiger partial charge on any atom is -0.337 e. The van der Waals surface area contributed by atoms with Gasteiger partial charge in [0, 0.05) is 28.9 Å². The Kier molecular flexibility index (Phi) is 5.76. The monoisotopic (exact) mass is 545 g/mol. The lowest BCUT2D eigenvalue weighted by molar-refractivity contribution is 0.489. The molecule has 4 aliphatic carbocycles. The van der Waals surface area contributed by atoms with Gasteiger partial charge < -0.3 is 4.90 Å². The molecule has 0 bridgehead atoms. The number of hydrogen-bond donors (Lipinski definition) is 0. The van der Waals surface area contributed by atoms with Crippen molar-refractivity contribution in [1.82, 2.24) is 0 Å². The molecule has 2 aliphatic heterocycles. The lowest BCUT2D eigenvalue weighted by Gasteiger charge is -2.37. The third-order valence-electron chi connectivity index (χ3n) is 10.3. The second-order valence-electron chi connectivity index (χ2n) is 12.9. The van der Waals surface area contributed by atoms with Gasteiger partial charge in [-0.2, -0.15) is 5.26 Å². The van der Waals surface area contributed by atoms with Crippen molar-refractivity contribution in [3.05, 3.63) is 136 Å². The molecule has 0 aromatic heterocycles. The third-order valence-corrected chi connectivity index (χ3v) is 10.3. The maximum atomic E-state index is 9.38. The molecule has 0 radical (unpaired) electrons. The molecule has 6 aliphatic rings. The highest BCUT2D eigenvalue weighted by Gasteiger charge is 2.50. The Morgan fingerprint density at radius 1 is 0.952 bits per heavy atom. The molecule has 2 aromatic rings. The van der Waals surface area contributed by atoms with Gasteiger partial charge in [0.05, 0.1) is 6.04 Å². The molecule has 206 valence electrons. The van der Waals surface area contributed by atoms with Crippen LogP contribution >= 0.6 is 0 Å². The SMILES string of the molecule is CC1(C)C2=C(C=CC3C2C2=C(CCC=C2)N3c2cccc(C3=CC(C4C=C(C#N)N=CC4)CC=C3)c2)c2ccccc21. The molecule has 0 spiro atoms. The van der Waals surface area contributed by atoms with Crippen molar-refractivity contribution in [3.8, 4) is 6.07 Å². The number of nitrogens with zero attached hydrogens (tertiary/aromatic N) is 3. The molecule has 0 saturated carbocycles. The van der Waals surface area contributed by atoms with Gasteiger partial charge in [-0.1, -0.05) is 92.8 Å². The van der Waals surface area contributed by atoms with E-state index >= 15 is 0 Å². The Morgan fingerprint density at radius 2 is 1.83 bits per heavy atom. The van der Waals surface area contributed by atoms with Crippen LogP contribution in [0.2, 0.25) is 0 Å². The molecule has 2 aromatic carbocycles. The largest absolute Gasteiger partial charge is 0.337 e. The number of allylic oxidation sites excluding steroid dienone is 11. The molecule has 3 nitrogen and oxygen atoms in total. The normalized spacial score (nSPS) is 28.2. The van der Waals surface area contributed by atoms with Crippen LogP contribution in [0, 0.1) is 29.1 Å². The summed E-state index contributed by atoms with van der Waals surface area (Å²) in [5, 5.41) is 9.38. The molecule has 8 rings (SSSR count). The number of anilines is 1. The number of benzene rings is 2.